The van der Waals surface area contributed by atoms with Gasteiger partial charge < -0.3 is 8.94 Å². The van der Waals surface area contributed by atoms with E-state index in [9.17, 15) is 8.42 Å². The fourth-order valence-electron chi connectivity index (χ4n) is 2.60. The van der Waals surface area contributed by atoms with Gasteiger partial charge in [-0.1, -0.05) is 23.0 Å². The molecule has 3 aromatic heterocycles. The van der Waals surface area contributed by atoms with Gasteiger partial charge in [0.05, 0.1) is 22.1 Å². The van der Waals surface area contributed by atoms with E-state index in [2.05, 4.69) is 20.3 Å². The number of rotatable bonds is 6. The van der Waals surface area contributed by atoms with Crippen molar-refractivity contribution >= 4 is 32.9 Å². The predicted molar refractivity (Wildman–Crippen MR) is 91.9 cm³/mol. The maximum atomic E-state index is 11.5. The third-order valence-electron chi connectivity index (χ3n) is 3.77. The van der Waals surface area contributed by atoms with Crippen LogP contribution in [0.1, 0.15) is 18.2 Å². The van der Waals surface area contributed by atoms with Gasteiger partial charge in [0.1, 0.15) is 0 Å². The van der Waals surface area contributed by atoms with Crippen LogP contribution in [-0.4, -0.2) is 40.3 Å². The Hall–Kier alpha value is -1.72. The van der Waals surface area contributed by atoms with Gasteiger partial charge in [-0.2, -0.15) is 4.98 Å². The second kappa shape index (κ2) is 6.89. The van der Waals surface area contributed by atoms with Crippen LogP contribution >= 0.6 is 23.1 Å². The first-order valence-corrected chi connectivity index (χ1v) is 11.3. The number of thiophene rings is 1. The van der Waals surface area contributed by atoms with E-state index in [1.54, 1.807) is 11.3 Å². The van der Waals surface area contributed by atoms with Crippen LogP contribution in [0.5, 0.6) is 0 Å². The molecular weight excluding hydrogens is 384 g/mol. The highest BCUT2D eigenvalue weighted by molar-refractivity contribution is 7.98. The molecular formula is C14H14N4O4S3. The Kier molecular flexibility index (Phi) is 4.61. The van der Waals surface area contributed by atoms with E-state index in [0.717, 1.165) is 4.88 Å². The zero-order valence-electron chi connectivity index (χ0n) is 13.0. The van der Waals surface area contributed by atoms with Crippen molar-refractivity contribution in [3.05, 3.63) is 29.3 Å². The summed E-state index contributed by atoms with van der Waals surface area (Å²) in [5.41, 5.74) is 0. The summed E-state index contributed by atoms with van der Waals surface area (Å²) in [5, 5.41) is 14.3. The highest BCUT2D eigenvalue weighted by Gasteiger charge is 2.29. The largest absolute Gasteiger partial charge is 0.416 e. The lowest BCUT2D eigenvalue weighted by molar-refractivity contribution is 0.383. The minimum atomic E-state index is -2.89. The summed E-state index contributed by atoms with van der Waals surface area (Å²) >= 11 is 2.86. The molecule has 4 heterocycles. The molecule has 0 radical (unpaired) electrons. The quantitative estimate of drug-likeness (QED) is 0.578. The maximum Gasteiger partial charge on any atom is 0.277 e. The molecule has 1 aliphatic rings. The Balaban J connectivity index is 1.33. The van der Waals surface area contributed by atoms with Gasteiger partial charge in [-0.05, 0) is 23.8 Å². The summed E-state index contributed by atoms with van der Waals surface area (Å²) in [5.74, 6) is 2.46. The first-order chi connectivity index (χ1) is 12.1. The average Bonchev–Trinajstić information content (AvgIpc) is 3.32. The van der Waals surface area contributed by atoms with Gasteiger partial charge in [0.15, 0.2) is 9.84 Å². The molecule has 0 unspecified atom stereocenters. The number of aromatic nitrogens is 4. The molecule has 0 amide bonds. The summed E-state index contributed by atoms with van der Waals surface area (Å²) in [7, 11) is -2.89. The average molecular weight is 398 g/mol. The van der Waals surface area contributed by atoms with Gasteiger partial charge in [0.2, 0.25) is 17.6 Å². The van der Waals surface area contributed by atoms with Crippen molar-refractivity contribution in [1.29, 1.82) is 0 Å². The molecule has 4 rings (SSSR count). The Bertz CT molecular complexity index is 949. The minimum Gasteiger partial charge on any atom is -0.416 e. The van der Waals surface area contributed by atoms with Crippen LogP contribution in [0, 0.1) is 5.92 Å². The lowest BCUT2D eigenvalue weighted by atomic mass is 10.1. The highest BCUT2D eigenvalue weighted by Crippen LogP contribution is 2.26. The summed E-state index contributed by atoms with van der Waals surface area (Å²) < 4.78 is 33.8. The lowest BCUT2D eigenvalue weighted by Crippen LogP contribution is -2.07. The summed E-state index contributed by atoms with van der Waals surface area (Å²) in [6, 6.07) is 3.86. The first kappa shape index (κ1) is 16.7. The van der Waals surface area contributed by atoms with Gasteiger partial charge in [-0.25, -0.2) is 8.42 Å². The summed E-state index contributed by atoms with van der Waals surface area (Å²) in [6.45, 7) is 0. The SMILES string of the molecule is O=S1(=O)CC[C@@H](Cc2nnc(SCc3nc(-c4cccs4)no3)o2)C1. The molecule has 1 fully saturated rings. The fourth-order valence-corrected chi connectivity index (χ4v) is 5.73. The van der Waals surface area contributed by atoms with Crippen molar-refractivity contribution in [2.45, 2.75) is 23.8 Å². The van der Waals surface area contributed by atoms with E-state index in [-0.39, 0.29) is 17.4 Å². The van der Waals surface area contributed by atoms with Crippen LogP contribution in [0.4, 0.5) is 0 Å². The van der Waals surface area contributed by atoms with E-state index >= 15 is 0 Å². The van der Waals surface area contributed by atoms with Crippen molar-refractivity contribution in [1.82, 2.24) is 20.3 Å². The zero-order valence-corrected chi connectivity index (χ0v) is 15.4. The molecule has 1 saturated heterocycles. The van der Waals surface area contributed by atoms with Crippen LogP contribution in [0.25, 0.3) is 10.7 Å². The minimum absolute atomic E-state index is 0.0626. The molecule has 0 bridgehead atoms. The molecule has 0 saturated carbocycles. The Morgan fingerprint density at radius 1 is 1.32 bits per heavy atom. The van der Waals surface area contributed by atoms with Crippen molar-refractivity contribution in [2.24, 2.45) is 5.92 Å². The van der Waals surface area contributed by atoms with Crippen LogP contribution < -0.4 is 0 Å². The molecule has 0 aliphatic carbocycles. The standard InChI is InChI=1S/C14H14N4O4S3/c19-25(20)5-3-9(8-25)6-11-16-17-14(21-11)24-7-12-15-13(18-22-12)10-2-1-4-23-10/h1-2,4,9H,3,5-8H2/t9-/m0/s1. The molecule has 0 spiro atoms. The molecule has 8 nitrogen and oxygen atoms in total. The zero-order chi connectivity index (χ0) is 17.3. The Morgan fingerprint density at radius 2 is 2.24 bits per heavy atom. The van der Waals surface area contributed by atoms with Gasteiger partial charge in [0, 0.05) is 6.42 Å². The van der Waals surface area contributed by atoms with Gasteiger partial charge in [-0.15, -0.1) is 21.5 Å². The van der Waals surface area contributed by atoms with Crippen LogP contribution in [0.3, 0.4) is 0 Å². The number of hydrogen-bond donors (Lipinski definition) is 0. The normalized spacial score (nSPS) is 19.4. The van der Waals surface area contributed by atoms with E-state index in [0.29, 0.717) is 41.4 Å². The molecule has 25 heavy (non-hydrogen) atoms. The summed E-state index contributed by atoms with van der Waals surface area (Å²) in [4.78, 5) is 5.28. The number of thioether (sulfide) groups is 1. The predicted octanol–water partition coefficient (Wildman–Crippen LogP) is 2.45. The Morgan fingerprint density at radius 3 is 3.00 bits per heavy atom. The maximum absolute atomic E-state index is 11.5. The van der Waals surface area contributed by atoms with Crippen molar-refractivity contribution in [3.8, 4) is 10.7 Å². The van der Waals surface area contributed by atoms with Crippen LogP contribution in [0.15, 0.2) is 31.7 Å². The van der Waals surface area contributed by atoms with E-state index in [4.69, 9.17) is 8.94 Å². The van der Waals surface area contributed by atoms with E-state index < -0.39 is 9.84 Å². The molecule has 132 valence electrons. The molecule has 0 aromatic carbocycles. The second-order valence-electron chi connectivity index (χ2n) is 5.71. The van der Waals surface area contributed by atoms with E-state index in [1.165, 1.54) is 11.8 Å². The molecule has 0 N–H and O–H groups in total. The smallest absolute Gasteiger partial charge is 0.277 e. The van der Waals surface area contributed by atoms with Crippen LogP contribution in [-0.2, 0) is 22.0 Å². The highest BCUT2D eigenvalue weighted by atomic mass is 32.2. The number of hydrogen-bond acceptors (Lipinski definition) is 10. The first-order valence-electron chi connectivity index (χ1n) is 7.59. The van der Waals surface area contributed by atoms with Gasteiger partial charge in [0.25, 0.3) is 5.22 Å². The third-order valence-corrected chi connectivity index (χ3v) is 7.27. The summed E-state index contributed by atoms with van der Waals surface area (Å²) in [6.07, 6.45) is 1.15. The van der Waals surface area contributed by atoms with E-state index in [1.807, 2.05) is 17.5 Å². The molecule has 1 atom stereocenters. The van der Waals surface area contributed by atoms with Crippen molar-refractivity contribution in [2.75, 3.05) is 11.5 Å². The lowest BCUT2D eigenvalue weighted by Gasteiger charge is -2.01. The second-order valence-corrected chi connectivity index (χ2v) is 9.82. The molecule has 3 aromatic rings. The van der Waals surface area contributed by atoms with Gasteiger partial charge in [-0.3, -0.25) is 0 Å². The Labute approximate surface area is 152 Å². The topological polar surface area (TPSA) is 112 Å². The fraction of sp³-hybridized carbons (Fsp3) is 0.429. The number of sulfone groups is 1. The monoisotopic (exact) mass is 398 g/mol. The van der Waals surface area contributed by atoms with Crippen molar-refractivity contribution < 1.29 is 17.4 Å². The molecule has 1 aliphatic heterocycles. The van der Waals surface area contributed by atoms with Gasteiger partial charge >= 0.3 is 0 Å². The third kappa shape index (κ3) is 4.10. The molecule has 11 heteroatoms. The van der Waals surface area contributed by atoms with Crippen molar-refractivity contribution in [3.63, 3.8) is 0 Å². The number of nitrogens with zero attached hydrogens (tertiary/aromatic N) is 4. The van der Waals surface area contributed by atoms with Crippen LogP contribution in [0.2, 0.25) is 0 Å².